The molecule has 0 aliphatic carbocycles. The van der Waals surface area contributed by atoms with E-state index in [4.69, 9.17) is 4.42 Å². The van der Waals surface area contributed by atoms with Gasteiger partial charge in [-0.15, -0.1) is 0 Å². The minimum Gasteiger partial charge on any atom is -0.444 e. The Balaban J connectivity index is 2.07. The predicted molar refractivity (Wildman–Crippen MR) is 96.6 cm³/mol. The van der Waals surface area contributed by atoms with Crippen LogP contribution in [0.25, 0.3) is 0 Å². The highest BCUT2D eigenvalue weighted by molar-refractivity contribution is 5.79. The Morgan fingerprint density at radius 1 is 1.32 bits per heavy atom. The predicted octanol–water partition coefficient (Wildman–Crippen LogP) is 1.92. The van der Waals surface area contributed by atoms with E-state index in [0.717, 1.165) is 10.3 Å². The Kier molecular flexibility index (Phi) is 6.70. The molecule has 0 aliphatic rings. The molecule has 2 rings (SSSR count). The van der Waals surface area contributed by atoms with Crippen LogP contribution in [0.2, 0.25) is 0 Å². The molecule has 28 heavy (non-hydrogen) atoms. The zero-order valence-electron chi connectivity index (χ0n) is 16.3. The number of nitrogens with one attached hydrogen (secondary N) is 2. The molecule has 0 saturated heterocycles. The molecule has 3 N–H and O–H groups in total. The third-order valence-electron chi connectivity index (χ3n) is 4.23. The van der Waals surface area contributed by atoms with Crippen LogP contribution in [-0.4, -0.2) is 44.9 Å². The smallest absolute Gasteiger partial charge is 0.424 e. The number of aliphatic hydroxyl groups is 1. The fraction of sp³-hybridized carbons (Fsp3) is 0.588. The van der Waals surface area contributed by atoms with Gasteiger partial charge in [-0.1, -0.05) is 0 Å². The first-order valence-electron chi connectivity index (χ1n) is 8.80. The summed E-state index contributed by atoms with van der Waals surface area (Å²) in [6.07, 6.45) is -2.95. The molecule has 0 bridgehead atoms. The second-order valence-electron chi connectivity index (χ2n) is 6.34. The number of oxazole rings is 1. The normalized spacial score (nSPS) is 14.8. The van der Waals surface area contributed by atoms with Crippen LogP contribution in [0.5, 0.6) is 0 Å². The number of alkyl halides is 3. The second-order valence-corrected chi connectivity index (χ2v) is 6.34. The topological polar surface area (TPSA) is 100 Å². The summed E-state index contributed by atoms with van der Waals surface area (Å²) in [4.78, 5) is 12.1. The molecule has 0 radical (unpaired) electrons. The number of guanidine groups is 1. The number of imidazole rings is 1. The van der Waals surface area contributed by atoms with E-state index in [1.807, 2.05) is 13.8 Å². The lowest BCUT2D eigenvalue weighted by Crippen LogP contribution is -2.47. The van der Waals surface area contributed by atoms with E-state index in [2.05, 4.69) is 25.6 Å². The molecule has 1 unspecified atom stereocenters. The van der Waals surface area contributed by atoms with E-state index < -0.39 is 24.0 Å². The van der Waals surface area contributed by atoms with Crippen molar-refractivity contribution in [2.45, 2.75) is 45.5 Å². The van der Waals surface area contributed by atoms with Crippen LogP contribution < -0.4 is 10.6 Å². The molecule has 0 aliphatic heterocycles. The van der Waals surface area contributed by atoms with Crippen molar-refractivity contribution in [3.63, 3.8) is 0 Å². The van der Waals surface area contributed by atoms with Gasteiger partial charge in [-0.2, -0.15) is 13.2 Å². The summed E-state index contributed by atoms with van der Waals surface area (Å²) in [6.45, 7) is 5.89. The average Bonchev–Trinajstić information content (AvgIpc) is 3.17. The van der Waals surface area contributed by atoms with Crippen molar-refractivity contribution in [3.05, 3.63) is 35.6 Å². The molecule has 0 fully saturated rings. The van der Waals surface area contributed by atoms with Crippen molar-refractivity contribution in [1.82, 2.24) is 25.2 Å². The average molecular weight is 402 g/mol. The van der Waals surface area contributed by atoms with Crippen molar-refractivity contribution >= 4 is 5.96 Å². The Hall–Kier alpha value is -2.56. The Morgan fingerprint density at radius 2 is 2.04 bits per heavy atom. The van der Waals surface area contributed by atoms with Crippen molar-refractivity contribution in [2.24, 2.45) is 12.0 Å². The van der Waals surface area contributed by atoms with Crippen LogP contribution in [0.1, 0.15) is 36.5 Å². The molecule has 0 aromatic carbocycles. The van der Waals surface area contributed by atoms with Gasteiger partial charge in [-0.3, -0.25) is 0 Å². The van der Waals surface area contributed by atoms with Crippen LogP contribution >= 0.6 is 0 Å². The van der Waals surface area contributed by atoms with Crippen molar-refractivity contribution in [2.75, 3.05) is 13.1 Å². The quantitative estimate of drug-likeness (QED) is 0.483. The van der Waals surface area contributed by atoms with Gasteiger partial charge >= 0.3 is 6.18 Å². The second kappa shape index (κ2) is 8.63. The van der Waals surface area contributed by atoms with Crippen molar-refractivity contribution < 1.29 is 22.7 Å². The summed E-state index contributed by atoms with van der Waals surface area (Å²) in [5, 5.41) is 16.1. The highest BCUT2D eigenvalue weighted by Crippen LogP contribution is 2.40. The molecule has 0 spiro atoms. The number of nitrogens with zero attached hydrogens (tertiary/aromatic N) is 4. The number of hydrogen-bond acceptors (Lipinski definition) is 5. The van der Waals surface area contributed by atoms with Crippen LogP contribution in [0.3, 0.4) is 0 Å². The monoisotopic (exact) mass is 402 g/mol. The van der Waals surface area contributed by atoms with Gasteiger partial charge in [0, 0.05) is 39.0 Å². The lowest BCUT2D eigenvalue weighted by molar-refractivity contribution is -0.272. The number of aliphatic imine (C=N–C) groups is 1. The van der Waals surface area contributed by atoms with Crippen LogP contribution in [0.15, 0.2) is 21.8 Å². The first-order valence-corrected chi connectivity index (χ1v) is 8.80. The third kappa shape index (κ3) is 4.83. The van der Waals surface area contributed by atoms with E-state index in [0.29, 0.717) is 24.2 Å². The lowest BCUT2D eigenvalue weighted by Gasteiger charge is -2.30. The van der Waals surface area contributed by atoms with E-state index in [-0.39, 0.29) is 13.1 Å². The van der Waals surface area contributed by atoms with E-state index >= 15 is 0 Å². The Labute approximate surface area is 160 Å². The maximum Gasteiger partial charge on any atom is 0.424 e. The molecular weight excluding hydrogens is 377 g/mol. The van der Waals surface area contributed by atoms with Crippen LogP contribution in [0, 0.1) is 13.8 Å². The summed E-state index contributed by atoms with van der Waals surface area (Å²) in [5.41, 5.74) is -2.32. The molecule has 8 nitrogen and oxygen atoms in total. The molecule has 2 heterocycles. The maximum atomic E-state index is 13.5. The van der Waals surface area contributed by atoms with Gasteiger partial charge in [0.1, 0.15) is 18.1 Å². The van der Waals surface area contributed by atoms with Crippen LogP contribution in [0.4, 0.5) is 13.2 Å². The van der Waals surface area contributed by atoms with Gasteiger partial charge < -0.3 is 24.7 Å². The highest BCUT2D eigenvalue weighted by atomic mass is 19.4. The zero-order chi connectivity index (χ0) is 20.9. The molecular formula is C17H25F3N6O2. The third-order valence-corrected chi connectivity index (χ3v) is 4.23. The van der Waals surface area contributed by atoms with Gasteiger partial charge in [0.15, 0.2) is 5.96 Å². The highest BCUT2D eigenvalue weighted by Gasteiger charge is 2.57. The Bertz CT molecular complexity index is 795. The zero-order valence-corrected chi connectivity index (χ0v) is 16.3. The number of rotatable bonds is 7. The number of aromatic nitrogens is 3. The summed E-state index contributed by atoms with van der Waals surface area (Å²) < 4.78 is 47.2. The minimum atomic E-state index is -4.88. The van der Waals surface area contributed by atoms with Crippen LogP contribution in [-0.2, 0) is 19.2 Å². The van der Waals surface area contributed by atoms with E-state index in [1.54, 1.807) is 6.92 Å². The molecule has 1 atom stereocenters. The summed E-state index contributed by atoms with van der Waals surface area (Å²) in [5.74, 6) is 0.926. The van der Waals surface area contributed by atoms with Gasteiger partial charge in [-0.05, 0) is 20.8 Å². The maximum absolute atomic E-state index is 13.5. The molecule has 156 valence electrons. The fourth-order valence-electron chi connectivity index (χ4n) is 2.60. The molecule has 2 aromatic rings. The number of aryl methyl sites for hydroxylation is 3. The minimum absolute atomic E-state index is 0.132. The summed E-state index contributed by atoms with van der Waals surface area (Å²) in [7, 11) is 1.40. The molecule has 0 saturated carbocycles. The van der Waals surface area contributed by atoms with Gasteiger partial charge in [0.25, 0.3) is 0 Å². The van der Waals surface area contributed by atoms with Gasteiger partial charge in [0.2, 0.25) is 11.5 Å². The van der Waals surface area contributed by atoms with E-state index in [9.17, 15) is 18.3 Å². The van der Waals surface area contributed by atoms with E-state index in [1.165, 1.54) is 19.4 Å². The van der Waals surface area contributed by atoms with Gasteiger partial charge in [0.05, 0.1) is 5.69 Å². The number of halogens is 3. The van der Waals surface area contributed by atoms with Crippen molar-refractivity contribution in [1.29, 1.82) is 0 Å². The molecule has 2 aromatic heterocycles. The largest absolute Gasteiger partial charge is 0.444 e. The molecule has 0 amide bonds. The van der Waals surface area contributed by atoms with Crippen molar-refractivity contribution in [3.8, 4) is 0 Å². The van der Waals surface area contributed by atoms with Gasteiger partial charge in [-0.25, -0.2) is 15.0 Å². The molecule has 11 heteroatoms. The lowest BCUT2D eigenvalue weighted by atomic mass is 9.97. The fourth-order valence-corrected chi connectivity index (χ4v) is 2.60. The first kappa shape index (κ1) is 21.7. The summed E-state index contributed by atoms with van der Waals surface area (Å²) >= 11 is 0. The standard InChI is InChI=1S/C17H25F3N6O2/c1-5-21-15(24-10-13-25-11(2)12(3)28-13)23-7-6-16(27,17(18,19)20)14-22-8-9-26(14)4/h8-9,27H,5-7,10H2,1-4H3,(H2,21,23,24). The Morgan fingerprint density at radius 3 is 2.54 bits per heavy atom. The summed E-state index contributed by atoms with van der Waals surface area (Å²) in [6, 6.07) is 0. The number of hydrogen-bond donors (Lipinski definition) is 3. The first-order chi connectivity index (χ1) is 13.1. The SMILES string of the molecule is CCNC(=NCc1nc(C)c(C)o1)NCCC(O)(c1nccn1C)C(F)(F)F.